The lowest BCUT2D eigenvalue weighted by Crippen LogP contribution is -2.45. The fraction of sp³-hybridized carbons (Fsp3) is 0.391. The number of amides is 2. The van der Waals surface area contributed by atoms with Crippen LogP contribution >= 0.6 is 0 Å². The molecule has 0 bridgehead atoms. The van der Waals surface area contributed by atoms with Crippen LogP contribution in [0.5, 0.6) is 11.5 Å². The number of hydrogen-bond donors (Lipinski definition) is 2. The van der Waals surface area contributed by atoms with Gasteiger partial charge >= 0.3 is 0 Å². The van der Waals surface area contributed by atoms with Gasteiger partial charge in [-0.1, -0.05) is 52.0 Å². The Morgan fingerprint density at radius 3 is 1.66 bits per heavy atom. The molecular weight excluding hydrogens is 368 g/mol. The molecule has 0 fully saturated rings. The smallest absolute Gasteiger partial charge is 0.276 e. The van der Waals surface area contributed by atoms with Gasteiger partial charge in [-0.2, -0.15) is 0 Å². The highest BCUT2D eigenvalue weighted by Crippen LogP contribution is 2.27. The first-order chi connectivity index (χ1) is 13.8. The van der Waals surface area contributed by atoms with E-state index >= 15 is 0 Å². The van der Waals surface area contributed by atoms with Crippen molar-refractivity contribution in [1.82, 2.24) is 10.9 Å². The number of ether oxygens (including phenoxy) is 2. The molecule has 6 nitrogen and oxygen atoms in total. The zero-order chi connectivity index (χ0) is 21.3. The normalized spacial score (nSPS) is 10.9. The van der Waals surface area contributed by atoms with E-state index < -0.39 is 11.8 Å². The highest BCUT2D eigenvalue weighted by atomic mass is 16.5. The lowest BCUT2D eigenvalue weighted by molar-refractivity contribution is -0.131. The molecule has 156 valence electrons. The van der Waals surface area contributed by atoms with E-state index in [4.69, 9.17) is 9.47 Å². The SMILES string of the molecule is CCc1ccc(OCC(=O)NNC(=O)COc2ccc(C(C)(C)CC)cc2)cc1. The molecule has 0 aliphatic carbocycles. The van der Waals surface area contributed by atoms with Gasteiger partial charge < -0.3 is 9.47 Å². The van der Waals surface area contributed by atoms with Crippen LogP contribution in [0.4, 0.5) is 0 Å². The predicted octanol–water partition coefficient (Wildman–Crippen LogP) is 3.54. The van der Waals surface area contributed by atoms with E-state index in [2.05, 4.69) is 38.5 Å². The molecule has 2 amide bonds. The van der Waals surface area contributed by atoms with Crippen molar-refractivity contribution >= 4 is 11.8 Å². The number of hydrogen-bond acceptors (Lipinski definition) is 4. The van der Waals surface area contributed by atoms with Gasteiger partial charge in [-0.25, -0.2) is 0 Å². The number of rotatable bonds is 9. The van der Waals surface area contributed by atoms with Crippen molar-refractivity contribution in [1.29, 1.82) is 0 Å². The first-order valence-corrected chi connectivity index (χ1v) is 9.87. The molecule has 0 saturated carbocycles. The van der Waals surface area contributed by atoms with Crippen LogP contribution in [0.25, 0.3) is 0 Å². The highest BCUT2D eigenvalue weighted by Gasteiger charge is 2.17. The molecule has 0 saturated heterocycles. The average molecular weight is 399 g/mol. The summed E-state index contributed by atoms with van der Waals surface area (Å²) in [4.78, 5) is 23.6. The lowest BCUT2D eigenvalue weighted by Gasteiger charge is -2.23. The van der Waals surface area contributed by atoms with Gasteiger partial charge in [0.05, 0.1) is 0 Å². The minimum Gasteiger partial charge on any atom is -0.484 e. The molecule has 0 aromatic heterocycles. The van der Waals surface area contributed by atoms with Gasteiger partial charge in [-0.15, -0.1) is 0 Å². The zero-order valence-electron chi connectivity index (χ0n) is 17.6. The third-order valence-corrected chi connectivity index (χ3v) is 4.93. The molecule has 0 heterocycles. The van der Waals surface area contributed by atoms with E-state index in [1.807, 2.05) is 48.5 Å². The van der Waals surface area contributed by atoms with Gasteiger partial charge in [0.15, 0.2) is 13.2 Å². The zero-order valence-corrected chi connectivity index (χ0v) is 17.6. The van der Waals surface area contributed by atoms with Crippen LogP contribution < -0.4 is 20.3 Å². The summed E-state index contributed by atoms with van der Waals surface area (Å²) >= 11 is 0. The van der Waals surface area contributed by atoms with Crippen LogP contribution in [0, 0.1) is 0 Å². The summed E-state index contributed by atoms with van der Waals surface area (Å²) in [5.74, 6) is 0.287. The van der Waals surface area contributed by atoms with Crippen molar-refractivity contribution in [2.45, 2.75) is 46.0 Å². The van der Waals surface area contributed by atoms with Crippen molar-refractivity contribution in [3.63, 3.8) is 0 Å². The molecule has 0 atom stereocenters. The van der Waals surface area contributed by atoms with E-state index in [1.54, 1.807) is 0 Å². The molecule has 0 unspecified atom stereocenters. The van der Waals surface area contributed by atoms with E-state index in [-0.39, 0.29) is 18.6 Å². The third kappa shape index (κ3) is 7.14. The van der Waals surface area contributed by atoms with Gasteiger partial charge in [0.25, 0.3) is 11.8 Å². The van der Waals surface area contributed by atoms with Crippen LogP contribution in [-0.4, -0.2) is 25.0 Å². The molecule has 0 aliphatic rings. The number of benzene rings is 2. The largest absolute Gasteiger partial charge is 0.484 e. The van der Waals surface area contributed by atoms with Crippen molar-refractivity contribution in [3.05, 3.63) is 59.7 Å². The molecule has 0 aliphatic heterocycles. The predicted molar refractivity (Wildman–Crippen MR) is 113 cm³/mol. The van der Waals surface area contributed by atoms with Crippen LogP contribution in [0.15, 0.2) is 48.5 Å². The van der Waals surface area contributed by atoms with E-state index in [1.165, 1.54) is 11.1 Å². The molecular formula is C23H30N2O4. The van der Waals surface area contributed by atoms with Gasteiger partial charge in [0.2, 0.25) is 0 Å². The van der Waals surface area contributed by atoms with E-state index in [0.29, 0.717) is 11.5 Å². The summed E-state index contributed by atoms with van der Waals surface area (Å²) in [5.41, 5.74) is 7.12. The minimum atomic E-state index is -0.455. The molecule has 2 N–H and O–H groups in total. The lowest BCUT2D eigenvalue weighted by atomic mass is 9.82. The van der Waals surface area contributed by atoms with Crippen molar-refractivity contribution in [3.8, 4) is 11.5 Å². The maximum Gasteiger partial charge on any atom is 0.276 e. The average Bonchev–Trinajstić information content (AvgIpc) is 2.75. The number of carbonyl (C=O) groups is 2. The Morgan fingerprint density at radius 1 is 0.793 bits per heavy atom. The second-order valence-corrected chi connectivity index (χ2v) is 7.43. The summed E-state index contributed by atoms with van der Waals surface area (Å²) in [5, 5.41) is 0. The summed E-state index contributed by atoms with van der Waals surface area (Å²) < 4.78 is 10.8. The minimum absolute atomic E-state index is 0.0975. The molecule has 2 rings (SSSR count). The van der Waals surface area contributed by atoms with E-state index in [9.17, 15) is 9.59 Å². The summed E-state index contributed by atoms with van der Waals surface area (Å²) in [6.07, 6.45) is 1.97. The fourth-order valence-electron chi connectivity index (χ4n) is 2.54. The van der Waals surface area contributed by atoms with Crippen LogP contribution in [0.3, 0.4) is 0 Å². The van der Waals surface area contributed by atoms with Gasteiger partial charge in [-0.05, 0) is 53.6 Å². The Balaban J connectivity index is 1.69. The van der Waals surface area contributed by atoms with Crippen molar-refractivity contribution in [2.24, 2.45) is 0 Å². The van der Waals surface area contributed by atoms with Crippen LogP contribution in [0.1, 0.15) is 45.2 Å². The summed E-state index contributed by atoms with van der Waals surface area (Å²) in [7, 11) is 0. The molecule has 0 radical (unpaired) electrons. The van der Waals surface area contributed by atoms with Gasteiger partial charge in [0.1, 0.15) is 11.5 Å². The summed E-state index contributed by atoms with van der Waals surface area (Å²) in [6, 6.07) is 15.2. The quantitative estimate of drug-likeness (QED) is 0.634. The Morgan fingerprint density at radius 2 is 1.24 bits per heavy atom. The fourth-order valence-corrected chi connectivity index (χ4v) is 2.54. The Bertz CT molecular complexity index is 799. The van der Waals surface area contributed by atoms with E-state index in [0.717, 1.165) is 12.8 Å². The maximum atomic E-state index is 11.8. The Hall–Kier alpha value is -3.02. The van der Waals surface area contributed by atoms with Crippen LogP contribution in [-0.2, 0) is 21.4 Å². The van der Waals surface area contributed by atoms with Crippen molar-refractivity contribution < 1.29 is 19.1 Å². The molecule has 2 aromatic carbocycles. The number of hydrazine groups is 1. The highest BCUT2D eigenvalue weighted by molar-refractivity contribution is 5.83. The summed E-state index contributed by atoms with van der Waals surface area (Å²) in [6.45, 7) is 8.19. The third-order valence-electron chi connectivity index (χ3n) is 4.93. The standard InChI is InChI=1S/C23H30N2O4/c1-5-17-7-11-19(12-8-17)28-15-21(26)24-25-22(27)16-29-20-13-9-18(10-14-20)23(3,4)6-2/h7-14H,5-6,15-16H2,1-4H3,(H,24,26)(H,25,27). The van der Waals surface area contributed by atoms with Gasteiger partial charge in [0, 0.05) is 0 Å². The number of nitrogens with one attached hydrogen (secondary N) is 2. The Labute approximate surface area is 172 Å². The topological polar surface area (TPSA) is 76.7 Å². The first-order valence-electron chi connectivity index (χ1n) is 9.87. The van der Waals surface area contributed by atoms with Gasteiger partial charge in [-0.3, -0.25) is 20.4 Å². The monoisotopic (exact) mass is 398 g/mol. The number of aryl methyl sites for hydroxylation is 1. The second-order valence-electron chi connectivity index (χ2n) is 7.43. The molecule has 29 heavy (non-hydrogen) atoms. The molecule has 2 aromatic rings. The Kier molecular flexibility index (Phi) is 8.07. The molecule has 0 spiro atoms. The second kappa shape index (κ2) is 10.5. The van der Waals surface area contributed by atoms with Crippen molar-refractivity contribution in [2.75, 3.05) is 13.2 Å². The van der Waals surface area contributed by atoms with Crippen LogP contribution in [0.2, 0.25) is 0 Å². The molecule has 6 heteroatoms. The number of carbonyl (C=O) groups excluding carboxylic acids is 2. The maximum absolute atomic E-state index is 11.8. The first kappa shape index (κ1) is 22.3.